The predicted octanol–water partition coefficient (Wildman–Crippen LogP) is 0.213. The van der Waals surface area contributed by atoms with Crippen LogP contribution in [0.1, 0.15) is 13.8 Å². The summed E-state index contributed by atoms with van der Waals surface area (Å²) in [5, 5.41) is 0. The summed E-state index contributed by atoms with van der Waals surface area (Å²) < 4.78 is 4.76. The molecule has 0 spiro atoms. The average molecular weight is 130 g/mol. The number of ether oxygens (including phenoxy) is 1. The third-order valence-electron chi connectivity index (χ3n) is 1.16. The van der Waals surface area contributed by atoms with E-state index < -0.39 is 6.09 Å². The molecule has 9 heavy (non-hydrogen) atoms. The summed E-state index contributed by atoms with van der Waals surface area (Å²) in [6, 6.07) is 0. The molecule has 52 valence electrons. The third kappa shape index (κ3) is 1.32. The van der Waals surface area contributed by atoms with Gasteiger partial charge in [0.25, 0.3) is 0 Å². The minimum Gasteiger partial charge on any atom is -0.428 e. The Morgan fingerprint density at radius 1 is 1.67 bits per heavy atom. The molecule has 1 atom stereocenters. The number of hydrogen-bond donors (Lipinski definition) is 2. The van der Waals surface area contributed by atoms with Crippen LogP contribution >= 0.6 is 0 Å². The van der Waals surface area contributed by atoms with Crippen molar-refractivity contribution >= 4 is 6.09 Å². The monoisotopic (exact) mass is 130 g/mol. The van der Waals surface area contributed by atoms with Gasteiger partial charge in [0.15, 0.2) is 6.23 Å². The lowest BCUT2D eigenvalue weighted by molar-refractivity contribution is 0.0993. The number of carbonyl (C=O) groups excluding carboxylic acids is 1. The van der Waals surface area contributed by atoms with Crippen LogP contribution in [-0.4, -0.2) is 12.3 Å². The molecule has 4 heteroatoms. The van der Waals surface area contributed by atoms with Crippen molar-refractivity contribution in [2.75, 3.05) is 0 Å². The van der Waals surface area contributed by atoms with Crippen LogP contribution < -0.4 is 10.9 Å². The van der Waals surface area contributed by atoms with Gasteiger partial charge in [0, 0.05) is 5.92 Å². The maximum absolute atomic E-state index is 10.4. The van der Waals surface area contributed by atoms with Crippen molar-refractivity contribution < 1.29 is 9.53 Å². The molecule has 4 nitrogen and oxygen atoms in total. The molecular formula is C5H10N2O2. The summed E-state index contributed by atoms with van der Waals surface area (Å²) in [7, 11) is 0. The van der Waals surface area contributed by atoms with Crippen molar-refractivity contribution in [1.82, 2.24) is 10.9 Å². The van der Waals surface area contributed by atoms with Gasteiger partial charge in [0.1, 0.15) is 0 Å². The van der Waals surface area contributed by atoms with E-state index >= 15 is 0 Å². The van der Waals surface area contributed by atoms with E-state index in [1.807, 2.05) is 13.8 Å². The molecule has 2 N–H and O–H groups in total. The van der Waals surface area contributed by atoms with E-state index in [1.165, 1.54) is 0 Å². The zero-order valence-electron chi connectivity index (χ0n) is 5.47. The van der Waals surface area contributed by atoms with Crippen LogP contribution in [0.4, 0.5) is 4.79 Å². The lowest BCUT2D eigenvalue weighted by atomic mass is 10.2. The van der Waals surface area contributed by atoms with Gasteiger partial charge in [0.2, 0.25) is 0 Å². The second kappa shape index (κ2) is 2.23. The first-order valence-electron chi connectivity index (χ1n) is 2.92. The van der Waals surface area contributed by atoms with E-state index in [1.54, 1.807) is 0 Å². The molecule has 1 aliphatic heterocycles. The zero-order valence-corrected chi connectivity index (χ0v) is 5.47. The molecule has 1 amide bonds. The van der Waals surface area contributed by atoms with Gasteiger partial charge in [-0.3, -0.25) is 5.43 Å². The number of nitrogens with one attached hydrogen (secondary N) is 2. The first-order chi connectivity index (χ1) is 4.20. The SMILES string of the molecule is CC(C)C1NNC(=O)O1. The van der Waals surface area contributed by atoms with Crippen LogP contribution in [0.25, 0.3) is 0 Å². The maximum atomic E-state index is 10.4. The first kappa shape index (κ1) is 6.35. The summed E-state index contributed by atoms with van der Waals surface area (Å²) in [6.07, 6.45) is -0.564. The smallest absolute Gasteiger partial charge is 0.423 e. The molecule has 0 aromatic carbocycles. The van der Waals surface area contributed by atoms with E-state index in [0.29, 0.717) is 5.92 Å². The summed E-state index contributed by atoms with van der Waals surface area (Å²) >= 11 is 0. The Kier molecular flexibility index (Phi) is 1.57. The van der Waals surface area contributed by atoms with Gasteiger partial charge in [-0.2, -0.15) is 5.43 Å². The number of hydrogen-bond acceptors (Lipinski definition) is 3. The fourth-order valence-corrected chi connectivity index (χ4v) is 0.607. The van der Waals surface area contributed by atoms with Crippen molar-refractivity contribution in [2.45, 2.75) is 20.1 Å². The Balaban J connectivity index is 2.39. The Hall–Kier alpha value is -0.770. The van der Waals surface area contributed by atoms with Gasteiger partial charge in [-0.25, -0.2) is 4.79 Å². The van der Waals surface area contributed by atoms with E-state index in [4.69, 9.17) is 4.74 Å². The van der Waals surface area contributed by atoms with E-state index in [-0.39, 0.29) is 6.23 Å². The number of cyclic esters (lactones) is 1. The zero-order chi connectivity index (χ0) is 6.85. The van der Waals surface area contributed by atoms with Crippen LogP contribution in [0, 0.1) is 5.92 Å². The number of rotatable bonds is 1. The number of amides is 1. The molecule has 1 rings (SSSR count). The summed E-state index contributed by atoms with van der Waals surface area (Å²) in [5.41, 5.74) is 5.02. The van der Waals surface area contributed by atoms with E-state index in [9.17, 15) is 4.79 Å². The van der Waals surface area contributed by atoms with Crippen LogP contribution in [-0.2, 0) is 4.74 Å². The maximum Gasteiger partial charge on any atom is 0.423 e. The van der Waals surface area contributed by atoms with Gasteiger partial charge in [-0.05, 0) is 0 Å². The molecule has 0 aliphatic carbocycles. The minimum atomic E-state index is -0.395. The van der Waals surface area contributed by atoms with Gasteiger partial charge in [-0.1, -0.05) is 13.8 Å². The number of hydrazine groups is 1. The fourth-order valence-electron chi connectivity index (χ4n) is 0.607. The molecule has 1 aliphatic rings. The van der Waals surface area contributed by atoms with Gasteiger partial charge in [0.05, 0.1) is 0 Å². The van der Waals surface area contributed by atoms with Crippen LogP contribution in [0.15, 0.2) is 0 Å². The molecule has 0 saturated carbocycles. The van der Waals surface area contributed by atoms with Crippen LogP contribution in [0.2, 0.25) is 0 Å². The van der Waals surface area contributed by atoms with Crippen LogP contribution in [0.3, 0.4) is 0 Å². The van der Waals surface area contributed by atoms with Crippen molar-refractivity contribution in [3.63, 3.8) is 0 Å². The molecule has 1 heterocycles. The molecule has 0 aromatic heterocycles. The highest BCUT2D eigenvalue weighted by Crippen LogP contribution is 2.05. The molecular weight excluding hydrogens is 120 g/mol. The highest BCUT2D eigenvalue weighted by atomic mass is 16.6. The first-order valence-corrected chi connectivity index (χ1v) is 2.92. The minimum absolute atomic E-state index is 0.169. The molecule has 0 aromatic rings. The van der Waals surface area contributed by atoms with Crippen molar-refractivity contribution in [3.05, 3.63) is 0 Å². The summed E-state index contributed by atoms with van der Waals surface area (Å²) in [6.45, 7) is 3.94. The van der Waals surface area contributed by atoms with E-state index in [2.05, 4.69) is 10.9 Å². The Morgan fingerprint density at radius 3 is 2.56 bits per heavy atom. The van der Waals surface area contributed by atoms with Gasteiger partial charge < -0.3 is 4.74 Å². The van der Waals surface area contributed by atoms with E-state index in [0.717, 1.165) is 0 Å². The lowest BCUT2D eigenvalue weighted by Gasteiger charge is -2.10. The predicted molar refractivity (Wildman–Crippen MR) is 31.4 cm³/mol. The Bertz CT molecular complexity index is 124. The topological polar surface area (TPSA) is 50.4 Å². The normalized spacial score (nSPS) is 26.1. The third-order valence-corrected chi connectivity index (χ3v) is 1.16. The highest BCUT2D eigenvalue weighted by Gasteiger charge is 2.23. The standard InChI is InChI=1S/C5H10N2O2/c1-3(2)4-6-7-5(8)9-4/h3-4,6H,1-2H3,(H,7,8). The molecule has 1 unspecified atom stereocenters. The fraction of sp³-hybridized carbons (Fsp3) is 0.800. The summed E-state index contributed by atoms with van der Waals surface area (Å²) in [5.74, 6) is 0.309. The quantitative estimate of drug-likeness (QED) is 0.533. The van der Waals surface area contributed by atoms with Gasteiger partial charge in [-0.15, -0.1) is 0 Å². The van der Waals surface area contributed by atoms with Crippen molar-refractivity contribution in [2.24, 2.45) is 5.92 Å². The van der Waals surface area contributed by atoms with Crippen LogP contribution in [0.5, 0.6) is 0 Å². The second-order valence-electron chi connectivity index (χ2n) is 2.34. The van der Waals surface area contributed by atoms with Crippen molar-refractivity contribution in [1.29, 1.82) is 0 Å². The number of carbonyl (C=O) groups is 1. The lowest BCUT2D eigenvalue weighted by Crippen LogP contribution is -2.34. The molecule has 1 fully saturated rings. The van der Waals surface area contributed by atoms with Gasteiger partial charge >= 0.3 is 6.09 Å². The molecule has 1 saturated heterocycles. The molecule has 0 radical (unpaired) electrons. The Morgan fingerprint density at radius 2 is 2.33 bits per heavy atom. The highest BCUT2D eigenvalue weighted by molar-refractivity contribution is 5.68. The largest absolute Gasteiger partial charge is 0.428 e. The Labute approximate surface area is 53.5 Å². The average Bonchev–Trinajstić information content (AvgIpc) is 2.14. The second-order valence-corrected chi connectivity index (χ2v) is 2.34. The summed E-state index contributed by atoms with van der Waals surface area (Å²) in [4.78, 5) is 10.4. The van der Waals surface area contributed by atoms with Crippen molar-refractivity contribution in [3.8, 4) is 0 Å². The molecule has 0 bridgehead atoms.